The third-order valence-electron chi connectivity index (χ3n) is 4.06. The van der Waals surface area contributed by atoms with Gasteiger partial charge in [-0.3, -0.25) is 9.48 Å². The first-order valence-electron chi connectivity index (χ1n) is 7.88. The van der Waals surface area contributed by atoms with E-state index in [-0.39, 0.29) is 11.9 Å². The third-order valence-corrected chi connectivity index (χ3v) is 4.06. The number of nitrogens with zero attached hydrogens (tertiary/aromatic N) is 6. The largest absolute Gasteiger partial charge is 0.356 e. The Morgan fingerprint density at radius 1 is 1.35 bits per heavy atom. The van der Waals surface area contributed by atoms with Gasteiger partial charge in [0.05, 0.1) is 6.20 Å². The van der Waals surface area contributed by atoms with Crippen LogP contribution < -0.4 is 10.2 Å². The zero-order valence-electron chi connectivity index (χ0n) is 13.4. The second-order valence-electron chi connectivity index (χ2n) is 5.73. The fourth-order valence-corrected chi connectivity index (χ4v) is 2.72. The number of hydrogen-bond acceptors (Lipinski definition) is 6. The van der Waals surface area contributed by atoms with E-state index in [1.165, 1.54) is 4.68 Å². The van der Waals surface area contributed by atoms with E-state index in [2.05, 4.69) is 37.4 Å². The van der Waals surface area contributed by atoms with E-state index in [1.807, 2.05) is 6.07 Å². The van der Waals surface area contributed by atoms with Crippen LogP contribution in [0.5, 0.6) is 0 Å². The van der Waals surface area contributed by atoms with Crippen LogP contribution in [-0.2, 0) is 13.5 Å². The van der Waals surface area contributed by atoms with Gasteiger partial charge in [-0.15, -0.1) is 5.10 Å². The van der Waals surface area contributed by atoms with Crippen molar-refractivity contribution in [3.63, 3.8) is 0 Å². The Bertz CT molecular complexity index is 676. The van der Waals surface area contributed by atoms with Crippen molar-refractivity contribution in [1.29, 1.82) is 0 Å². The van der Waals surface area contributed by atoms with Gasteiger partial charge in [-0.25, -0.2) is 9.97 Å². The van der Waals surface area contributed by atoms with Crippen molar-refractivity contribution in [3.8, 4) is 0 Å². The average Bonchev–Trinajstić information content (AvgIpc) is 3.02. The number of amides is 1. The number of hydrogen-bond donors (Lipinski definition) is 1. The monoisotopic (exact) mass is 315 g/mol. The molecule has 122 valence electrons. The lowest BCUT2D eigenvalue weighted by atomic mass is 10.0. The predicted molar refractivity (Wildman–Crippen MR) is 85.1 cm³/mol. The van der Waals surface area contributed by atoms with Crippen LogP contribution in [0.15, 0.2) is 18.6 Å². The summed E-state index contributed by atoms with van der Waals surface area (Å²) in [6.07, 6.45) is 5.92. The van der Waals surface area contributed by atoms with E-state index in [9.17, 15) is 4.79 Å². The fraction of sp³-hybridized carbons (Fsp3) is 0.533. The molecule has 3 heterocycles. The summed E-state index contributed by atoms with van der Waals surface area (Å²) in [5.74, 6) is 0.808. The number of aromatic nitrogens is 5. The van der Waals surface area contributed by atoms with E-state index in [4.69, 9.17) is 0 Å². The molecule has 8 nitrogen and oxygen atoms in total. The minimum Gasteiger partial charge on any atom is -0.356 e. The quantitative estimate of drug-likeness (QED) is 0.887. The van der Waals surface area contributed by atoms with Crippen LogP contribution in [0.4, 0.5) is 5.82 Å². The van der Waals surface area contributed by atoms with Gasteiger partial charge in [-0.2, -0.15) is 0 Å². The van der Waals surface area contributed by atoms with Crippen LogP contribution in [0.1, 0.15) is 35.9 Å². The lowest BCUT2D eigenvalue weighted by molar-refractivity contribution is 0.0926. The Morgan fingerprint density at radius 2 is 2.13 bits per heavy atom. The molecule has 0 radical (unpaired) electrons. The van der Waals surface area contributed by atoms with Gasteiger partial charge >= 0.3 is 0 Å². The van der Waals surface area contributed by atoms with Crippen molar-refractivity contribution in [2.24, 2.45) is 7.05 Å². The van der Waals surface area contributed by atoms with Crippen LogP contribution in [0, 0.1) is 0 Å². The summed E-state index contributed by atoms with van der Waals surface area (Å²) in [7, 11) is 1.74. The zero-order valence-corrected chi connectivity index (χ0v) is 13.4. The highest BCUT2D eigenvalue weighted by molar-refractivity contribution is 5.92. The molecule has 0 unspecified atom stereocenters. The zero-order chi connectivity index (χ0) is 16.2. The van der Waals surface area contributed by atoms with Crippen molar-refractivity contribution in [1.82, 2.24) is 30.3 Å². The molecule has 1 aliphatic rings. The number of aryl methyl sites for hydroxylation is 2. The first kappa shape index (κ1) is 15.4. The van der Waals surface area contributed by atoms with E-state index in [0.717, 1.165) is 43.9 Å². The molecular formula is C15H21N7O. The number of carbonyl (C=O) groups is 1. The Labute approximate surface area is 134 Å². The number of carbonyl (C=O) groups excluding carboxylic acids is 1. The molecule has 3 rings (SSSR count). The second kappa shape index (κ2) is 6.72. The molecule has 0 bridgehead atoms. The van der Waals surface area contributed by atoms with Crippen LogP contribution in [0.3, 0.4) is 0 Å². The van der Waals surface area contributed by atoms with Crippen LogP contribution in [0.2, 0.25) is 0 Å². The van der Waals surface area contributed by atoms with Crippen LogP contribution in [0.25, 0.3) is 0 Å². The number of nitrogens with one attached hydrogen (secondary N) is 1. The van der Waals surface area contributed by atoms with Gasteiger partial charge < -0.3 is 10.2 Å². The Kier molecular flexibility index (Phi) is 4.50. The van der Waals surface area contributed by atoms with Crippen molar-refractivity contribution < 1.29 is 4.79 Å². The number of rotatable bonds is 4. The SMILES string of the molecule is CCc1cc(N2CCC(NC(=O)c3cn(C)nn3)CC2)ncn1. The lowest BCUT2D eigenvalue weighted by Crippen LogP contribution is -2.45. The molecule has 1 N–H and O–H groups in total. The molecule has 1 amide bonds. The Morgan fingerprint density at radius 3 is 2.78 bits per heavy atom. The van der Waals surface area contributed by atoms with E-state index in [0.29, 0.717) is 5.69 Å². The molecule has 1 saturated heterocycles. The maximum absolute atomic E-state index is 12.1. The van der Waals surface area contributed by atoms with Crippen LogP contribution in [-0.4, -0.2) is 50.0 Å². The molecule has 0 atom stereocenters. The van der Waals surface area contributed by atoms with E-state index in [1.54, 1.807) is 19.6 Å². The predicted octanol–water partition coefficient (Wildman–Crippen LogP) is 0.566. The molecule has 2 aromatic heterocycles. The summed E-state index contributed by atoms with van der Waals surface area (Å²) in [6, 6.07) is 2.20. The van der Waals surface area contributed by atoms with E-state index < -0.39 is 0 Å². The standard InChI is InChI=1S/C15H21N7O/c1-3-11-8-14(17-10-16-11)22-6-4-12(5-7-22)18-15(23)13-9-21(2)20-19-13/h8-10,12H,3-7H2,1-2H3,(H,18,23). The summed E-state index contributed by atoms with van der Waals surface area (Å²) < 4.78 is 1.53. The van der Waals surface area contributed by atoms with Crippen molar-refractivity contribution >= 4 is 11.7 Å². The highest BCUT2D eigenvalue weighted by Crippen LogP contribution is 2.18. The molecule has 1 aliphatic heterocycles. The molecular weight excluding hydrogens is 294 g/mol. The lowest BCUT2D eigenvalue weighted by Gasteiger charge is -2.33. The Hall–Kier alpha value is -2.51. The highest BCUT2D eigenvalue weighted by atomic mass is 16.2. The Balaban J connectivity index is 1.55. The van der Waals surface area contributed by atoms with E-state index >= 15 is 0 Å². The molecule has 0 aliphatic carbocycles. The van der Waals surface area contributed by atoms with Gasteiger partial charge in [-0.1, -0.05) is 12.1 Å². The maximum Gasteiger partial charge on any atom is 0.273 e. The molecule has 0 saturated carbocycles. The molecule has 2 aromatic rings. The number of anilines is 1. The van der Waals surface area contributed by atoms with Crippen molar-refractivity contribution in [2.45, 2.75) is 32.2 Å². The topological polar surface area (TPSA) is 88.8 Å². The summed E-state index contributed by atoms with van der Waals surface area (Å²) in [6.45, 7) is 3.82. The summed E-state index contributed by atoms with van der Waals surface area (Å²) >= 11 is 0. The smallest absolute Gasteiger partial charge is 0.273 e. The number of piperidine rings is 1. The molecule has 23 heavy (non-hydrogen) atoms. The molecule has 1 fully saturated rings. The molecule has 0 spiro atoms. The van der Waals surface area contributed by atoms with Gasteiger partial charge in [0, 0.05) is 37.9 Å². The molecule has 0 aromatic carbocycles. The first-order valence-corrected chi connectivity index (χ1v) is 7.88. The van der Waals surface area contributed by atoms with Gasteiger partial charge in [0.25, 0.3) is 5.91 Å². The maximum atomic E-state index is 12.1. The van der Waals surface area contributed by atoms with Crippen molar-refractivity contribution in [3.05, 3.63) is 30.0 Å². The summed E-state index contributed by atoms with van der Waals surface area (Å²) in [4.78, 5) is 22.9. The first-order chi connectivity index (χ1) is 11.2. The fourth-order valence-electron chi connectivity index (χ4n) is 2.72. The van der Waals surface area contributed by atoms with Crippen LogP contribution >= 0.6 is 0 Å². The summed E-state index contributed by atoms with van der Waals surface area (Å²) in [5.41, 5.74) is 1.41. The van der Waals surface area contributed by atoms with Gasteiger partial charge in [-0.05, 0) is 19.3 Å². The molecule has 8 heteroatoms. The minimum atomic E-state index is -0.160. The average molecular weight is 315 g/mol. The minimum absolute atomic E-state index is 0.160. The summed E-state index contributed by atoms with van der Waals surface area (Å²) in [5, 5.41) is 10.6. The normalized spacial score (nSPS) is 15.7. The van der Waals surface area contributed by atoms with Gasteiger partial charge in [0.15, 0.2) is 5.69 Å². The second-order valence-corrected chi connectivity index (χ2v) is 5.73. The van der Waals surface area contributed by atoms with Gasteiger partial charge in [0.1, 0.15) is 12.1 Å². The highest BCUT2D eigenvalue weighted by Gasteiger charge is 2.23. The third kappa shape index (κ3) is 3.64. The van der Waals surface area contributed by atoms with Gasteiger partial charge in [0.2, 0.25) is 0 Å². The van der Waals surface area contributed by atoms with Crippen molar-refractivity contribution in [2.75, 3.05) is 18.0 Å².